The maximum absolute atomic E-state index is 12.8. The largest absolute Gasteiger partial charge is 0.465 e. The molecule has 2 saturated heterocycles. The molecule has 7 rings (SSSR count). The van der Waals surface area contributed by atoms with E-state index in [9.17, 15) is 14.7 Å². The van der Waals surface area contributed by atoms with Gasteiger partial charge in [0.1, 0.15) is 17.2 Å². The lowest BCUT2D eigenvalue weighted by Gasteiger charge is -2.27. The maximum Gasteiger partial charge on any atom is 0.410 e. The van der Waals surface area contributed by atoms with E-state index in [0.717, 1.165) is 75.7 Å². The molecular formula is C34H36N6O4. The van der Waals surface area contributed by atoms with E-state index in [1.807, 2.05) is 26.8 Å². The third kappa shape index (κ3) is 5.25. The molecule has 2 amide bonds. The van der Waals surface area contributed by atoms with Gasteiger partial charge in [0.25, 0.3) is 0 Å². The Hall–Kier alpha value is -4.86. The van der Waals surface area contributed by atoms with Crippen LogP contribution >= 0.6 is 0 Å². The highest BCUT2D eigenvalue weighted by molar-refractivity contribution is 5.91. The number of carboxylic acid groups (broad SMARTS) is 1. The summed E-state index contributed by atoms with van der Waals surface area (Å²) < 4.78 is 5.64. The molecule has 0 spiro atoms. The molecule has 2 atom stereocenters. The number of hydrogen-bond acceptors (Lipinski definition) is 5. The van der Waals surface area contributed by atoms with Gasteiger partial charge in [-0.15, -0.1) is 0 Å². The number of amides is 2. The van der Waals surface area contributed by atoms with E-state index in [1.165, 1.54) is 4.90 Å². The van der Waals surface area contributed by atoms with Crippen LogP contribution in [0.25, 0.3) is 44.2 Å². The molecule has 10 heteroatoms. The van der Waals surface area contributed by atoms with Gasteiger partial charge in [-0.3, -0.25) is 9.80 Å². The Bertz CT molecular complexity index is 1890. The standard InChI is InChI=1S/C34H36N6O4/c1-34(2,3)44-33(43)40-15-5-7-29(40)31-36-25-13-12-23(18-26(25)37-31)21-8-9-22-17-24(11-10-20(22)16-21)27-19-35-30(38-27)28-6-4-14-39(28)32(41)42/h8-13,16-19,28-29H,4-7,14-15H2,1-3H3,(H,35,38)(H,36,37)(H,41,42)/t28?,29-/m0/s1. The molecule has 226 valence electrons. The number of rotatable bonds is 4. The number of carbonyl (C=O) groups is 2. The lowest BCUT2D eigenvalue weighted by atomic mass is 9.99. The van der Waals surface area contributed by atoms with Crippen LogP contribution in [0.4, 0.5) is 9.59 Å². The van der Waals surface area contributed by atoms with Crippen molar-refractivity contribution in [3.8, 4) is 22.4 Å². The minimum atomic E-state index is -0.905. The second-order valence-electron chi connectivity index (χ2n) is 12.8. The zero-order chi connectivity index (χ0) is 30.6. The van der Waals surface area contributed by atoms with Gasteiger partial charge in [-0.25, -0.2) is 19.6 Å². The molecule has 0 radical (unpaired) electrons. The predicted molar refractivity (Wildman–Crippen MR) is 168 cm³/mol. The summed E-state index contributed by atoms with van der Waals surface area (Å²) in [5.41, 5.74) is 5.30. The third-order valence-corrected chi connectivity index (χ3v) is 8.59. The number of nitrogens with one attached hydrogen (secondary N) is 2. The number of fused-ring (bicyclic) bond motifs is 2. The Labute approximate surface area is 255 Å². The van der Waals surface area contributed by atoms with Gasteiger partial charge in [-0.05, 0) is 92.6 Å². The third-order valence-electron chi connectivity index (χ3n) is 8.59. The zero-order valence-corrected chi connectivity index (χ0v) is 25.1. The summed E-state index contributed by atoms with van der Waals surface area (Å²) in [7, 11) is 0. The van der Waals surface area contributed by atoms with Crippen LogP contribution in [0.3, 0.4) is 0 Å². The topological polar surface area (TPSA) is 127 Å². The summed E-state index contributed by atoms with van der Waals surface area (Å²) in [4.78, 5) is 43.9. The van der Waals surface area contributed by atoms with Gasteiger partial charge in [0.15, 0.2) is 0 Å². The summed E-state index contributed by atoms with van der Waals surface area (Å²) in [6.45, 7) is 6.85. The molecule has 2 aromatic heterocycles. The van der Waals surface area contributed by atoms with Gasteiger partial charge in [-0.2, -0.15) is 0 Å². The van der Waals surface area contributed by atoms with Crippen LogP contribution in [0.5, 0.6) is 0 Å². The number of likely N-dealkylation sites (tertiary alicyclic amines) is 2. The van der Waals surface area contributed by atoms with Crippen molar-refractivity contribution in [1.29, 1.82) is 0 Å². The monoisotopic (exact) mass is 592 g/mol. The lowest BCUT2D eigenvalue weighted by Crippen LogP contribution is -2.36. The minimum Gasteiger partial charge on any atom is -0.465 e. The van der Waals surface area contributed by atoms with Crippen molar-refractivity contribution in [2.24, 2.45) is 0 Å². The highest BCUT2D eigenvalue weighted by atomic mass is 16.6. The van der Waals surface area contributed by atoms with Crippen LogP contribution in [-0.2, 0) is 4.74 Å². The summed E-state index contributed by atoms with van der Waals surface area (Å²) in [5, 5.41) is 11.7. The SMILES string of the molecule is CC(C)(C)OC(=O)N1CCC[C@H]1c1nc2ccc(-c3ccc4cc(-c5cnc(C6CCCN6C(=O)O)[nH]5)ccc4c3)cc2[nH]1. The van der Waals surface area contributed by atoms with Gasteiger partial charge in [-0.1, -0.05) is 30.3 Å². The van der Waals surface area contributed by atoms with Crippen molar-refractivity contribution in [3.05, 3.63) is 72.4 Å². The Morgan fingerprint density at radius 2 is 1.48 bits per heavy atom. The molecule has 2 aliphatic heterocycles. The van der Waals surface area contributed by atoms with Gasteiger partial charge in [0.2, 0.25) is 0 Å². The number of aromatic amines is 2. The van der Waals surface area contributed by atoms with Crippen LogP contribution in [0.2, 0.25) is 0 Å². The molecule has 0 saturated carbocycles. The van der Waals surface area contributed by atoms with Gasteiger partial charge < -0.3 is 19.8 Å². The highest BCUT2D eigenvalue weighted by Gasteiger charge is 2.35. The van der Waals surface area contributed by atoms with Crippen molar-refractivity contribution < 1.29 is 19.4 Å². The predicted octanol–water partition coefficient (Wildman–Crippen LogP) is 7.66. The van der Waals surface area contributed by atoms with Crippen molar-refractivity contribution >= 4 is 34.0 Å². The molecule has 2 fully saturated rings. The zero-order valence-electron chi connectivity index (χ0n) is 25.1. The molecule has 3 N–H and O–H groups in total. The number of hydrogen-bond donors (Lipinski definition) is 3. The fourth-order valence-corrected chi connectivity index (χ4v) is 6.48. The highest BCUT2D eigenvalue weighted by Crippen LogP contribution is 2.35. The summed E-state index contributed by atoms with van der Waals surface area (Å²) in [6.07, 6.45) is 3.96. The first-order chi connectivity index (χ1) is 21.1. The van der Waals surface area contributed by atoms with E-state index in [2.05, 4.69) is 63.5 Å². The van der Waals surface area contributed by atoms with Crippen molar-refractivity contribution in [1.82, 2.24) is 29.7 Å². The molecule has 3 aromatic carbocycles. The van der Waals surface area contributed by atoms with Crippen LogP contribution in [0, 0.1) is 0 Å². The molecule has 2 aliphatic rings. The number of imidazole rings is 2. The maximum atomic E-state index is 12.8. The Balaban J connectivity index is 1.12. The number of aromatic nitrogens is 4. The van der Waals surface area contributed by atoms with E-state index < -0.39 is 11.7 Å². The van der Waals surface area contributed by atoms with Crippen LogP contribution in [-0.4, -0.2) is 65.7 Å². The normalized spacial score (nSPS) is 18.9. The van der Waals surface area contributed by atoms with Crippen molar-refractivity contribution in [3.63, 3.8) is 0 Å². The molecule has 44 heavy (non-hydrogen) atoms. The summed E-state index contributed by atoms with van der Waals surface area (Å²) in [6, 6.07) is 18.6. The Morgan fingerprint density at radius 3 is 2.20 bits per heavy atom. The number of carbonyl (C=O) groups excluding carboxylic acids is 1. The first kappa shape index (κ1) is 27.9. The first-order valence-corrected chi connectivity index (χ1v) is 15.2. The lowest BCUT2D eigenvalue weighted by molar-refractivity contribution is 0.0219. The minimum absolute atomic E-state index is 0.129. The number of benzene rings is 3. The average molecular weight is 593 g/mol. The quantitative estimate of drug-likeness (QED) is 0.197. The number of ether oxygens (including phenoxy) is 1. The van der Waals surface area contributed by atoms with E-state index in [-0.39, 0.29) is 18.2 Å². The van der Waals surface area contributed by atoms with E-state index in [4.69, 9.17) is 9.72 Å². The molecule has 10 nitrogen and oxygen atoms in total. The average Bonchev–Trinajstić information content (AvgIpc) is 3.80. The van der Waals surface area contributed by atoms with Crippen LogP contribution < -0.4 is 0 Å². The molecule has 4 heterocycles. The number of H-pyrrole nitrogens is 2. The van der Waals surface area contributed by atoms with Crippen LogP contribution in [0.1, 0.15) is 70.2 Å². The first-order valence-electron chi connectivity index (χ1n) is 15.2. The smallest absolute Gasteiger partial charge is 0.410 e. The second kappa shape index (κ2) is 10.7. The second-order valence-corrected chi connectivity index (χ2v) is 12.8. The van der Waals surface area contributed by atoms with E-state index in [1.54, 1.807) is 11.1 Å². The van der Waals surface area contributed by atoms with Gasteiger partial charge >= 0.3 is 12.2 Å². The molecule has 1 unspecified atom stereocenters. The summed E-state index contributed by atoms with van der Waals surface area (Å²) >= 11 is 0. The fraction of sp³-hybridized carbons (Fsp3) is 0.353. The Kier molecular flexibility index (Phi) is 6.79. The summed E-state index contributed by atoms with van der Waals surface area (Å²) in [5.74, 6) is 1.48. The van der Waals surface area contributed by atoms with Crippen molar-refractivity contribution in [2.45, 2.75) is 64.1 Å². The molecular weight excluding hydrogens is 556 g/mol. The van der Waals surface area contributed by atoms with E-state index >= 15 is 0 Å². The fourth-order valence-electron chi connectivity index (χ4n) is 6.48. The van der Waals surface area contributed by atoms with E-state index in [0.29, 0.717) is 18.9 Å². The van der Waals surface area contributed by atoms with Crippen LogP contribution in [0.15, 0.2) is 60.8 Å². The number of nitrogens with zero attached hydrogens (tertiary/aromatic N) is 4. The molecule has 5 aromatic rings. The van der Waals surface area contributed by atoms with Gasteiger partial charge in [0.05, 0.1) is 35.0 Å². The van der Waals surface area contributed by atoms with Crippen molar-refractivity contribution in [2.75, 3.05) is 13.1 Å². The molecule has 0 bridgehead atoms. The Morgan fingerprint density at radius 1 is 0.841 bits per heavy atom. The van der Waals surface area contributed by atoms with Gasteiger partial charge in [0, 0.05) is 18.7 Å². The molecule has 0 aliphatic carbocycles.